The SMILES string of the molecule is CCCCN(CCC(=O)OCC)C(=O)[C@H](CC(=O)OC(C)(C)C)NS(=O)(=O)c1ccc2ccccc2c1. The number of sulfonamides is 1. The monoisotopic (exact) mass is 534 g/mol. The molecular formula is C27H38N2O7S. The second-order valence-electron chi connectivity index (χ2n) is 9.71. The van der Waals surface area contributed by atoms with E-state index >= 15 is 0 Å². The molecule has 0 aliphatic heterocycles. The third kappa shape index (κ3) is 9.77. The molecule has 37 heavy (non-hydrogen) atoms. The Morgan fingerprint density at radius 1 is 0.973 bits per heavy atom. The van der Waals surface area contributed by atoms with Crippen molar-refractivity contribution < 1.29 is 32.3 Å². The normalized spacial score (nSPS) is 12.7. The van der Waals surface area contributed by atoms with Crippen molar-refractivity contribution in [2.24, 2.45) is 0 Å². The molecule has 0 unspecified atom stereocenters. The topological polar surface area (TPSA) is 119 Å². The summed E-state index contributed by atoms with van der Waals surface area (Å²) in [6, 6.07) is 10.5. The van der Waals surface area contributed by atoms with Gasteiger partial charge in [-0.25, -0.2) is 8.42 Å². The van der Waals surface area contributed by atoms with E-state index in [0.717, 1.165) is 17.2 Å². The lowest BCUT2D eigenvalue weighted by atomic mass is 10.1. The zero-order valence-electron chi connectivity index (χ0n) is 22.3. The third-order valence-corrected chi connectivity index (χ3v) is 6.87. The van der Waals surface area contributed by atoms with Crippen LogP contribution in [0, 0.1) is 0 Å². The Bertz CT molecular complexity index is 1190. The summed E-state index contributed by atoms with van der Waals surface area (Å²) in [4.78, 5) is 39.5. The Morgan fingerprint density at radius 2 is 1.65 bits per heavy atom. The number of hydrogen-bond donors (Lipinski definition) is 1. The van der Waals surface area contributed by atoms with Gasteiger partial charge in [-0.15, -0.1) is 0 Å². The average molecular weight is 535 g/mol. The van der Waals surface area contributed by atoms with Gasteiger partial charge in [0.05, 0.1) is 24.3 Å². The van der Waals surface area contributed by atoms with Crippen LogP contribution in [0.2, 0.25) is 0 Å². The van der Waals surface area contributed by atoms with Gasteiger partial charge < -0.3 is 14.4 Å². The molecule has 1 atom stereocenters. The van der Waals surface area contributed by atoms with Gasteiger partial charge in [0.2, 0.25) is 15.9 Å². The first kappa shape index (κ1) is 30.2. The van der Waals surface area contributed by atoms with Crippen LogP contribution in [-0.2, 0) is 33.9 Å². The molecule has 0 aliphatic rings. The minimum atomic E-state index is -4.18. The van der Waals surface area contributed by atoms with Gasteiger partial charge >= 0.3 is 11.9 Å². The molecular weight excluding hydrogens is 496 g/mol. The lowest BCUT2D eigenvalue weighted by Gasteiger charge is -2.28. The van der Waals surface area contributed by atoms with Crippen molar-refractivity contribution in [3.63, 3.8) is 0 Å². The van der Waals surface area contributed by atoms with Gasteiger partial charge in [0.25, 0.3) is 0 Å². The molecule has 2 aromatic carbocycles. The summed E-state index contributed by atoms with van der Waals surface area (Å²) >= 11 is 0. The van der Waals surface area contributed by atoms with Crippen molar-refractivity contribution >= 4 is 38.6 Å². The molecule has 2 rings (SSSR count). The Morgan fingerprint density at radius 3 is 2.27 bits per heavy atom. The minimum Gasteiger partial charge on any atom is -0.466 e. The van der Waals surface area contributed by atoms with Crippen LogP contribution in [-0.4, -0.2) is 62.5 Å². The Hall–Kier alpha value is -2.98. The van der Waals surface area contributed by atoms with Crippen molar-refractivity contribution in [1.82, 2.24) is 9.62 Å². The Balaban J connectivity index is 2.36. The number of hydrogen-bond acceptors (Lipinski definition) is 7. The van der Waals surface area contributed by atoms with E-state index in [9.17, 15) is 22.8 Å². The van der Waals surface area contributed by atoms with Crippen LogP contribution in [0.3, 0.4) is 0 Å². The Kier molecular flexibility index (Phi) is 11.1. The first-order valence-corrected chi connectivity index (χ1v) is 14.0. The van der Waals surface area contributed by atoms with Crippen molar-refractivity contribution in [3.05, 3.63) is 42.5 Å². The van der Waals surface area contributed by atoms with E-state index < -0.39 is 45.9 Å². The van der Waals surface area contributed by atoms with Crippen LogP contribution in [0.4, 0.5) is 0 Å². The fourth-order valence-corrected chi connectivity index (χ4v) is 4.90. The molecule has 2 aromatic rings. The fourth-order valence-electron chi connectivity index (χ4n) is 3.68. The lowest BCUT2D eigenvalue weighted by Crippen LogP contribution is -2.50. The number of amides is 1. The predicted octanol–water partition coefficient (Wildman–Crippen LogP) is 3.80. The van der Waals surface area contributed by atoms with Crippen LogP contribution in [0.1, 0.15) is 60.3 Å². The number of nitrogens with one attached hydrogen (secondary N) is 1. The van der Waals surface area contributed by atoms with Gasteiger partial charge in [0.1, 0.15) is 11.6 Å². The second-order valence-corrected chi connectivity index (χ2v) is 11.4. The first-order valence-electron chi connectivity index (χ1n) is 12.5. The highest BCUT2D eigenvalue weighted by molar-refractivity contribution is 7.89. The van der Waals surface area contributed by atoms with Crippen molar-refractivity contribution in [2.75, 3.05) is 19.7 Å². The van der Waals surface area contributed by atoms with E-state index in [1.807, 2.05) is 19.1 Å². The predicted molar refractivity (Wildman–Crippen MR) is 141 cm³/mol. The maximum absolute atomic E-state index is 13.6. The number of rotatable bonds is 13. The summed E-state index contributed by atoms with van der Waals surface area (Å²) in [5.74, 6) is -1.78. The van der Waals surface area contributed by atoms with Crippen LogP contribution >= 0.6 is 0 Å². The zero-order valence-corrected chi connectivity index (χ0v) is 23.1. The number of nitrogens with zero attached hydrogens (tertiary/aromatic N) is 1. The number of ether oxygens (including phenoxy) is 2. The Labute approximate surface area is 219 Å². The summed E-state index contributed by atoms with van der Waals surface area (Å²) in [5, 5.41) is 1.59. The molecule has 0 spiro atoms. The third-order valence-electron chi connectivity index (χ3n) is 5.40. The van der Waals surface area contributed by atoms with Gasteiger partial charge in [-0.3, -0.25) is 14.4 Å². The molecule has 0 radical (unpaired) electrons. The molecule has 0 heterocycles. The average Bonchev–Trinajstić information content (AvgIpc) is 2.82. The number of carbonyl (C=O) groups is 3. The molecule has 204 valence electrons. The highest BCUT2D eigenvalue weighted by atomic mass is 32.2. The molecule has 9 nitrogen and oxygen atoms in total. The highest BCUT2D eigenvalue weighted by Gasteiger charge is 2.33. The molecule has 0 saturated carbocycles. The maximum Gasteiger partial charge on any atom is 0.308 e. The van der Waals surface area contributed by atoms with E-state index in [4.69, 9.17) is 9.47 Å². The van der Waals surface area contributed by atoms with Crippen molar-refractivity contribution in [3.8, 4) is 0 Å². The number of benzene rings is 2. The smallest absolute Gasteiger partial charge is 0.308 e. The maximum atomic E-state index is 13.6. The molecule has 1 amide bonds. The summed E-state index contributed by atoms with van der Waals surface area (Å²) < 4.78 is 39.4. The standard InChI is InChI=1S/C27H38N2O7S/c1-6-8-16-29(17-15-24(30)35-7-2)26(32)23(19-25(31)36-27(3,4)5)28-37(33,34)22-14-13-20-11-9-10-12-21(20)18-22/h9-14,18,23,28H,6-8,15-17,19H2,1-5H3/t23-/m0/s1. The van der Waals surface area contributed by atoms with Crippen molar-refractivity contribution in [1.29, 1.82) is 0 Å². The molecule has 0 saturated heterocycles. The number of fused-ring (bicyclic) bond motifs is 1. The van der Waals surface area contributed by atoms with E-state index in [2.05, 4.69) is 4.72 Å². The van der Waals surface area contributed by atoms with Gasteiger partial charge in [-0.05, 0) is 57.0 Å². The number of carbonyl (C=O) groups excluding carboxylic acids is 3. The number of esters is 2. The fraction of sp³-hybridized carbons (Fsp3) is 0.519. The van der Waals surface area contributed by atoms with Gasteiger partial charge in [0.15, 0.2) is 0 Å². The summed E-state index contributed by atoms with van der Waals surface area (Å²) in [5.41, 5.74) is -0.812. The largest absolute Gasteiger partial charge is 0.466 e. The number of unbranched alkanes of at least 4 members (excludes halogenated alkanes) is 1. The van der Waals surface area contributed by atoms with Crippen LogP contribution < -0.4 is 4.72 Å². The van der Waals surface area contributed by atoms with Gasteiger partial charge in [0, 0.05) is 13.1 Å². The van der Waals surface area contributed by atoms with Crippen molar-refractivity contribution in [2.45, 2.75) is 76.8 Å². The minimum absolute atomic E-state index is 0.0279. The molecule has 0 aliphatic carbocycles. The molecule has 1 N–H and O–H groups in total. The zero-order chi connectivity index (χ0) is 27.6. The van der Waals surface area contributed by atoms with E-state index in [1.54, 1.807) is 45.9 Å². The molecule has 0 aromatic heterocycles. The van der Waals surface area contributed by atoms with Gasteiger partial charge in [-0.2, -0.15) is 4.72 Å². The summed E-state index contributed by atoms with van der Waals surface area (Å²) in [6.07, 6.45) is 0.888. The van der Waals surface area contributed by atoms with Crippen LogP contribution in [0.5, 0.6) is 0 Å². The van der Waals surface area contributed by atoms with Crippen LogP contribution in [0.25, 0.3) is 10.8 Å². The first-order chi connectivity index (χ1) is 17.4. The lowest BCUT2D eigenvalue weighted by molar-refractivity contribution is -0.157. The van der Waals surface area contributed by atoms with Crippen LogP contribution in [0.15, 0.2) is 47.4 Å². The second kappa shape index (κ2) is 13.5. The highest BCUT2D eigenvalue weighted by Crippen LogP contribution is 2.20. The van der Waals surface area contributed by atoms with E-state index in [-0.39, 0.29) is 24.5 Å². The van der Waals surface area contributed by atoms with E-state index in [1.165, 1.54) is 17.0 Å². The summed E-state index contributed by atoms with van der Waals surface area (Å²) in [7, 11) is -4.18. The molecule has 0 fully saturated rings. The molecule has 10 heteroatoms. The summed E-state index contributed by atoms with van der Waals surface area (Å²) in [6.45, 7) is 9.27. The quantitative estimate of drug-likeness (QED) is 0.388. The van der Waals surface area contributed by atoms with Gasteiger partial charge in [-0.1, -0.05) is 43.7 Å². The molecule has 0 bridgehead atoms. The van der Waals surface area contributed by atoms with E-state index in [0.29, 0.717) is 13.0 Å².